The van der Waals surface area contributed by atoms with Crippen LogP contribution in [0, 0.1) is 5.92 Å². The van der Waals surface area contributed by atoms with E-state index in [1.165, 1.54) is 6.42 Å². The van der Waals surface area contributed by atoms with Crippen molar-refractivity contribution in [2.24, 2.45) is 5.92 Å². The molecule has 6 heteroatoms. The summed E-state index contributed by atoms with van der Waals surface area (Å²) in [7, 11) is -3.31. The van der Waals surface area contributed by atoms with E-state index in [1.807, 2.05) is 6.92 Å². The van der Waals surface area contributed by atoms with Crippen LogP contribution in [0.1, 0.15) is 39.0 Å². The minimum atomic E-state index is -3.31. The summed E-state index contributed by atoms with van der Waals surface area (Å²) in [6.45, 7) is 1.87. The molecule has 0 aromatic carbocycles. The molecule has 1 rings (SSSR count). The molecular formula is C10H19NO4S. The maximum absolute atomic E-state index is 11.6. The summed E-state index contributed by atoms with van der Waals surface area (Å²) in [5.41, 5.74) is 0. The van der Waals surface area contributed by atoms with E-state index in [1.54, 1.807) is 0 Å². The number of carboxylic acid groups (broad SMARTS) is 1. The van der Waals surface area contributed by atoms with Crippen LogP contribution in [0.4, 0.5) is 0 Å². The lowest BCUT2D eigenvalue weighted by molar-refractivity contribution is -0.137. The van der Waals surface area contributed by atoms with Crippen LogP contribution in [0.2, 0.25) is 0 Å². The van der Waals surface area contributed by atoms with Gasteiger partial charge >= 0.3 is 5.97 Å². The SMILES string of the molecule is CC(NS(=O)(=O)CCCC(=O)O)C1CCC1. The first kappa shape index (κ1) is 13.4. The van der Waals surface area contributed by atoms with Crippen molar-refractivity contribution in [3.8, 4) is 0 Å². The fraction of sp³-hybridized carbons (Fsp3) is 0.900. The fourth-order valence-corrected chi connectivity index (χ4v) is 3.19. The lowest BCUT2D eigenvalue weighted by Gasteiger charge is -2.31. The Morgan fingerprint density at radius 3 is 2.56 bits per heavy atom. The van der Waals surface area contributed by atoms with E-state index in [-0.39, 0.29) is 24.6 Å². The van der Waals surface area contributed by atoms with E-state index in [4.69, 9.17) is 5.11 Å². The van der Waals surface area contributed by atoms with Gasteiger partial charge in [0.15, 0.2) is 0 Å². The van der Waals surface area contributed by atoms with Gasteiger partial charge in [0, 0.05) is 12.5 Å². The maximum Gasteiger partial charge on any atom is 0.303 e. The van der Waals surface area contributed by atoms with E-state index in [9.17, 15) is 13.2 Å². The van der Waals surface area contributed by atoms with Crippen molar-refractivity contribution < 1.29 is 18.3 Å². The molecule has 0 aromatic heterocycles. The number of hydrogen-bond donors (Lipinski definition) is 2. The molecule has 16 heavy (non-hydrogen) atoms. The van der Waals surface area contributed by atoms with Gasteiger partial charge in [-0.15, -0.1) is 0 Å². The predicted molar refractivity (Wildman–Crippen MR) is 60.6 cm³/mol. The molecule has 1 saturated carbocycles. The number of aliphatic carboxylic acids is 1. The number of hydrogen-bond acceptors (Lipinski definition) is 3. The normalized spacial score (nSPS) is 19.1. The summed E-state index contributed by atoms with van der Waals surface area (Å²) in [6, 6.07) is -0.0245. The second-order valence-electron chi connectivity index (χ2n) is 4.41. The van der Waals surface area contributed by atoms with Gasteiger partial charge in [-0.1, -0.05) is 6.42 Å². The van der Waals surface area contributed by atoms with Gasteiger partial charge < -0.3 is 5.11 Å². The van der Waals surface area contributed by atoms with Crippen LogP contribution in [-0.4, -0.2) is 31.3 Å². The Balaban J connectivity index is 2.29. The van der Waals surface area contributed by atoms with Gasteiger partial charge in [0.25, 0.3) is 0 Å². The lowest BCUT2D eigenvalue weighted by Crippen LogP contribution is -2.41. The molecule has 0 radical (unpaired) electrons. The van der Waals surface area contributed by atoms with Crippen molar-refractivity contribution in [2.45, 2.75) is 45.1 Å². The molecule has 0 spiro atoms. The Bertz CT molecular complexity index is 335. The number of carbonyl (C=O) groups is 1. The van der Waals surface area contributed by atoms with Crippen LogP contribution in [-0.2, 0) is 14.8 Å². The second kappa shape index (κ2) is 5.63. The van der Waals surface area contributed by atoms with Gasteiger partial charge in [-0.2, -0.15) is 0 Å². The summed E-state index contributed by atoms with van der Waals surface area (Å²) in [5.74, 6) is -0.604. The third-order valence-electron chi connectivity index (χ3n) is 3.03. The van der Waals surface area contributed by atoms with Crippen molar-refractivity contribution in [1.82, 2.24) is 4.72 Å². The standard InChI is InChI=1S/C10H19NO4S/c1-8(9-4-2-5-9)11-16(14,15)7-3-6-10(12)13/h8-9,11H,2-7H2,1H3,(H,12,13). The number of sulfonamides is 1. The molecular weight excluding hydrogens is 230 g/mol. The van der Waals surface area contributed by atoms with Gasteiger partial charge in [-0.3, -0.25) is 4.79 Å². The molecule has 1 atom stereocenters. The van der Waals surface area contributed by atoms with Gasteiger partial charge in [0.2, 0.25) is 10.0 Å². The first-order valence-electron chi connectivity index (χ1n) is 5.62. The molecule has 0 amide bonds. The fourth-order valence-electron chi connectivity index (χ4n) is 1.79. The molecule has 1 fully saturated rings. The number of carboxylic acids is 1. The van der Waals surface area contributed by atoms with Crippen LogP contribution in [0.25, 0.3) is 0 Å². The Morgan fingerprint density at radius 2 is 2.12 bits per heavy atom. The van der Waals surface area contributed by atoms with E-state index in [2.05, 4.69) is 4.72 Å². The zero-order chi connectivity index (χ0) is 12.2. The van der Waals surface area contributed by atoms with Crippen molar-refractivity contribution in [3.63, 3.8) is 0 Å². The van der Waals surface area contributed by atoms with Crippen molar-refractivity contribution >= 4 is 16.0 Å². The van der Waals surface area contributed by atoms with Crippen molar-refractivity contribution in [3.05, 3.63) is 0 Å². The lowest BCUT2D eigenvalue weighted by atomic mass is 9.81. The highest BCUT2D eigenvalue weighted by Gasteiger charge is 2.26. The predicted octanol–water partition coefficient (Wildman–Crippen LogP) is 0.959. The summed E-state index contributed by atoms with van der Waals surface area (Å²) >= 11 is 0. The summed E-state index contributed by atoms with van der Waals surface area (Å²) in [4.78, 5) is 10.3. The molecule has 0 aromatic rings. The quantitative estimate of drug-likeness (QED) is 0.704. The molecule has 1 aliphatic carbocycles. The van der Waals surface area contributed by atoms with Crippen LogP contribution in [0.15, 0.2) is 0 Å². The Labute approximate surface area is 96.3 Å². The summed E-state index contributed by atoms with van der Waals surface area (Å²) in [5, 5.41) is 8.41. The van der Waals surface area contributed by atoms with E-state index in [0.717, 1.165) is 12.8 Å². The van der Waals surface area contributed by atoms with Gasteiger partial charge in [0.05, 0.1) is 5.75 Å². The summed E-state index contributed by atoms with van der Waals surface area (Å²) in [6.07, 6.45) is 3.41. The smallest absolute Gasteiger partial charge is 0.303 e. The number of rotatable bonds is 7. The van der Waals surface area contributed by atoms with Crippen molar-refractivity contribution in [2.75, 3.05) is 5.75 Å². The Kier molecular flexibility index (Phi) is 4.73. The third-order valence-corrected chi connectivity index (χ3v) is 4.58. The summed E-state index contributed by atoms with van der Waals surface area (Å²) < 4.78 is 25.7. The molecule has 0 heterocycles. The van der Waals surface area contributed by atoms with E-state index < -0.39 is 16.0 Å². The number of nitrogens with one attached hydrogen (secondary N) is 1. The molecule has 0 saturated heterocycles. The molecule has 94 valence electrons. The Hall–Kier alpha value is -0.620. The average Bonchev–Trinajstić information content (AvgIpc) is 1.96. The molecule has 5 nitrogen and oxygen atoms in total. The highest BCUT2D eigenvalue weighted by molar-refractivity contribution is 7.89. The Morgan fingerprint density at radius 1 is 1.50 bits per heavy atom. The highest BCUT2D eigenvalue weighted by atomic mass is 32.2. The molecule has 2 N–H and O–H groups in total. The van der Waals surface area contributed by atoms with Gasteiger partial charge in [0.1, 0.15) is 0 Å². The van der Waals surface area contributed by atoms with Gasteiger partial charge in [-0.25, -0.2) is 13.1 Å². The molecule has 0 aliphatic heterocycles. The second-order valence-corrected chi connectivity index (χ2v) is 6.29. The van der Waals surface area contributed by atoms with Gasteiger partial charge in [-0.05, 0) is 32.1 Å². The minimum Gasteiger partial charge on any atom is -0.481 e. The first-order chi connectivity index (χ1) is 7.41. The average molecular weight is 249 g/mol. The van der Waals surface area contributed by atoms with Crippen LogP contribution in [0.5, 0.6) is 0 Å². The maximum atomic E-state index is 11.6. The zero-order valence-electron chi connectivity index (χ0n) is 9.48. The van der Waals surface area contributed by atoms with Crippen LogP contribution < -0.4 is 4.72 Å². The zero-order valence-corrected chi connectivity index (χ0v) is 10.3. The molecule has 0 bridgehead atoms. The van der Waals surface area contributed by atoms with E-state index >= 15 is 0 Å². The highest BCUT2D eigenvalue weighted by Crippen LogP contribution is 2.29. The largest absolute Gasteiger partial charge is 0.481 e. The van der Waals surface area contributed by atoms with Crippen LogP contribution >= 0.6 is 0 Å². The topological polar surface area (TPSA) is 83.5 Å². The first-order valence-corrected chi connectivity index (χ1v) is 7.28. The van der Waals surface area contributed by atoms with E-state index in [0.29, 0.717) is 5.92 Å². The third kappa shape index (κ3) is 4.49. The molecule has 1 aliphatic rings. The molecule has 1 unspecified atom stereocenters. The monoisotopic (exact) mass is 249 g/mol. The van der Waals surface area contributed by atoms with Crippen molar-refractivity contribution in [1.29, 1.82) is 0 Å². The minimum absolute atomic E-state index is 0.0245. The van der Waals surface area contributed by atoms with Crippen LogP contribution in [0.3, 0.4) is 0 Å².